The summed E-state index contributed by atoms with van der Waals surface area (Å²) in [4.78, 5) is 20.7. The Kier molecular flexibility index (Phi) is 5.92. The van der Waals surface area contributed by atoms with Crippen LogP contribution < -0.4 is 0 Å². The summed E-state index contributed by atoms with van der Waals surface area (Å²) in [6.45, 7) is 3.75. The van der Waals surface area contributed by atoms with Crippen LogP contribution in [0.5, 0.6) is 0 Å². The first kappa shape index (κ1) is 12.9. The second kappa shape index (κ2) is 6.40. The molecule has 0 aromatic carbocycles. The fourth-order valence-electron chi connectivity index (χ4n) is 1.37. The van der Waals surface area contributed by atoms with Gasteiger partial charge in [-0.2, -0.15) is 0 Å². The minimum atomic E-state index is -0.789. The fourth-order valence-corrected chi connectivity index (χ4v) is 1.37. The lowest BCUT2D eigenvalue weighted by atomic mass is 9.94. The lowest BCUT2D eigenvalue weighted by Crippen LogP contribution is -2.08. The van der Waals surface area contributed by atoms with Gasteiger partial charge in [-0.25, -0.2) is 0 Å². The van der Waals surface area contributed by atoms with E-state index >= 15 is 0 Å². The van der Waals surface area contributed by atoms with E-state index in [1.807, 2.05) is 13.8 Å². The lowest BCUT2D eigenvalue weighted by molar-refractivity contribution is -0.139. The van der Waals surface area contributed by atoms with E-state index < -0.39 is 11.9 Å². The van der Waals surface area contributed by atoms with Gasteiger partial charge in [-0.1, -0.05) is 13.8 Å². The Balaban J connectivity index is 3.60. The maximum atomic E-state index is 10.3. The van der Waals surface area contributed by atoms with Crippen molar-refractivity contribution in [3.05, 3.63) is 0 Å². The summed E-state index contributed by atoms with van der Waals surface area (Å²) in [6, 6.07) is 0. The average molecular weight is 202 g/mol. The van der Waals surface area contributed by atoms with Crippen LogP contribution in [-0.4, -0.2) is 22.2 Å². The first-order valence-corrected chi connectivity index (χ1v) is 4.85. The molecule has 4 heteroatoms. The van der Waals surface area contributed by atoms with E-state index in [2.05, 4.69) is 0 Å². The molecule has 0 spiro atoms. The second-order valence-electron chi connectivity index (χ2n) is 3.98. The van der Waals surface area contributed by atoms with Gasteiger partial charge in [0.05, 0.1) is 0 Å². The standard InChI is InChI=1S/C10H18O4/c1-7(5-9(11)12)3-4-8(2)6-10(13)14/h7-8H,3-6H2,1-2H3,(H,11,12)(H,13,14). The van der Waals surface area contributed by atoms with Crippen molar-refractivity contribution < 1.29 is 19.8 Å². The summed E-state index contributed by atoms with van der Waals surface area (Å²) in [5, 5.41) is 17.0. The smallest absolute Gasteiger partial charge is 0.303 e. The second-order valence-corrected chi connectivity index (χ2v) is 3.98. The highest BCUT2D eigenvalue weighted by molar-refractivity contribution is 5.67. The maximum absolute atomic E-state index is 10.3. The van der Waals surface area contributed by atoms with E-state index in [1.54, 1.807) is 0 Å². The Morgan fingerprint density at radius 3 is 1.43 bits per heavy atom. The van der Waals surface area contributed by atoms with Crippen LogP contribution in [0.4, 0.5) is 0 Å². The number of carboxylic acid groups (broad SMARTS) is 2. The number of aliphatic carboxylic acids is 2. The summed E-state index contributed by atoms with van der Waals surface area (Å²) in [7, 11) is 0. The molecular formula is C10H18O4. The van der Waals surface area contributed by atoms with Crippen molar-refractivity contribution in [2.75, 3.05) is 0 Å². The molecule has 0 bridgehead atoms. The first-order valence-electron chi connectivity index (χ1n) is 4.85. The third-order valence-electron chi connectivity index (χ3n) is 2.20. The van der Waals surface area contributed by atoms with Crippen molar-refractivity contribution in [2.45, 2.75) is 39.5 Å². The monoisotopic (exact) mass is 202 g/mol. The van der Waals surface area contributed by atoms with E-state index in [9.17, 15) is 9.59 Å². The molecule has 82 valence electrons. The first-order chi connectivity index (χ1) is 6.41. The Hall–Kier alpha value is -1.06. The van der Waals surface area contributed by atoms with Crippen LogP contribution in [0.15, 0.2) is 0 Å². The molecule has 0 saturated carbocycles. The lowest BCUT2D eigenvalue weighted by Gasteiger charge is -2.12. The number of rotatable bonds is 7. The zero-order valence-electron chi connectivity index (χ0n) is 8.69. The van der Waals surface area contributed by atoms with Gasteiger partial charge in [0, 0.05) is 12.8 Å². The van der Waals surface area contributed by atoms with Gasteiger partial charge < -0.3 is 10.2 Å². The van der Waals surface area contributed by atoms with Gasteiger partial charge in [0.25, 0.3) is 0 Å². The molecule has 0 aliphatic rings. The van der Waals surface area contributed by atoms with E-state index in [4.69, 9.17) is 10.2 Å². The van der Waals surface area contributed by atoms with Gasteiger partial charge in [0.1, 0.15) is 0 Å². The summed E-state index contributed by atoms with van der Waals surface area (Å²) in [6.07, 6.45) is 1.89. The van der Waals surface area contributed by atoms with Gasteiger partial charge in [-0.15, -0.1) is 0 Å². The topological polar surface area (TPSA) is 74.6 Å². The molecule has 2 N–H and O–H groups in total. The zero-order chi connectivity index (χ0) is 11.1. The van der Waals surface area contributed by atoms with Crippen molar-refractivity contribution in [1.82, 2.24) is 0 Å². The van der Waals surface area contributed by atoms with Crippen molar-refractivity contribution in [3.63, 3.8) is 0 Å². The molecule has 0 heterocycles. The van der Waals surface area contributed by atoms with Gasteiger partial charge >= 0.3 is 11.9 Å². The molecule has 0 saturated heterocycles. The third kappa shape index (κ3) is 7.58. The van der Waals surface area contributed by atoms with E-state index in [0.717, 1.165) is 12.8 Å². The summed E-state index contributed by atoms with van der Waals surface area (Å²) in [5.74, 6) is -1.32. The highest BCUT2D eigenvalue weighted by Crippen LogP contribution is 2.17. The van der Waals surface area contributed by atoms with Crippen LogP contribution in [0.1, 0.15) is 39.5 Å². The molecule has 0 aliphatic carbocycles. The molecule has 0 radical (unpaired) electrons. The van der Waals surface area contributed by atoms with Crippen LogP contribution >= 0.6 is 0 Å². The van der Waals surface area contributed by atoms with Crippen LogP contribution in [0.25, 0.3) is 0 Å². The molecule has 2 unspecified atom stereocenters. The molecular weight excluding hydrogens is 184 g/mol. The summed E-state index contributed by atoms with van der Waals surface area (Å²) >= 11 is 0. The minimum Gasteiger partial charge on any atom is -0.481 e. The molecule has 0 aromatic rings. The van der Waals surface area contributed by atoms with Crippen molar-refractivity contribution in [1.29, 1.82) is 0 Å². The maximum Gasteiger partial charge on any atom is 0.303 e. The van der Waals surface area contributed by atoms with Crippen LogP contribution in [0.3, 0.4) is 0 Å². The minimum absolute atomic E-state index is 0.128. The van der Waals surface area contributed by atoms with Crippen molar-refractivity contribution in [2.24, 2.45) is 11.8 Å². The SMILES string of the molecule is CC(CCC(C)CC(=O)O)CC(=O)O. The average Bonchev–Trinajstić information content (AvgIpc) is 1.98. The number of hydrogen-bond acceptors (Lipinski definition) is 2. The Labute approximate surface area is 83.9 Å². The molecule has 0 aromatic heterocycles. The normalized spacial score (nSPS) is 14.7. The predicted molar refractivity (Wildman–Crippen MR) is 52.1 cm³/mol. The third-order valence-corrected chi connectivity index (χ3v) is 2.20. The zero-order valence-corrected chi connectivity index (χ0v) is 8.69. The number of carboxylic acids is 2. The Morgan fingerprint density at radius 2 is 1.21 bits per heavy atom. The van der Waals surface area contributed by atoms with E-state index in [0.29, 0.717) is 0 Å². The number of carbonyl (C=O) groups is 2. The fraction of sp³-hybridized carbons (Fsp3) is 0.800. The quantitative estimate of drug-likeness (QED) is 0.662. The highest BCUT2D eigenvalue weighted by Gasteiger charge is 2.11. The predicted octanol–water partition coefficient (Wildman–Crippen LogP) is 1.99. The molecule has 0 amide bonds. The Bertz CT molecular complexity index is 178. The van der Waals surface area contributed by atoms with Crippen molar-refractivity contribution >= 4 is 11.9 Å². The van der Waals surface area contributed by atoms with E-state index in [1.165, 1.54) is 0 Å². The van der Waals surface area contributed by atoms with Gasteiger partial charge in [-0.05, 0) is 24.7 Å². The van der Waals surface area contributed by atoms with E-state index in [-0.39, 0.29) is 24.7 Å². The molecule has 0 fully saturated rings. The van der Waals surface area contributed by atoms with Crippen LogP contribution in [0.2, 0.25) is 0 Å². The summed E-state index contributed by atoms with van der Waals surface area (Å²) < 4.78 is 0. The molecule has 4 nitrogen and oxygen atoms in total. The van der Waals surface area contributed by atoms with Crippen LogP contribution in [0, 0.1) is 11.8 Å². The molecule has 0 aliphatic heterocycles. The van der Waals surface area contributed by atoms with Gasteiger partial charge in [0.15, 0.2) is 0 Å². The Morgan fingerprint density at radius 1 is 0.929 bits per heavy atom. The largest absolute Gasteiger partial charge is 0.481 e. The van der Waals surface area contributed by atoms with Gasteiger partial charge in [0.2, 0.25) is 0 Å². The van der Waals surface area contributed by atoms with Crippen molar-refractivity contribution in [3.8, 4) is 0 Å². The molecule has 2 atom stereocenters. The highest BCUT2D eigenvalue weighted by atomic mass is 16.4. The number of hydrogen-bond donors (Lipinski definition) is 2. The van der Waals surface area contributed by atoms with Gasteiger partial charge in [-0.3, -0.25) is 9.59 Å². The molecule has 0 rings (SSSR count). The summed E-state index contributed by atoms with van der Waals surface area (Å²) in [5.41, 5.74) is 0. The van der Waals surface area contributed by atoms with Crippen LogP contribution in [-0.2, 0) is 9.59 Å². The molecule has 14 heavy (non-hydrogen) atoms.